The van der Waals surface area contributed by atoms with E-state index in [2.05, 4.69) is 5.32 Å². The molecular formula is C27H31F2NO4. The van der Waals surface area contributed by atoms with Crippen molar-refractivity contribution in [2.45, 2.75) is 44.6 Å². The molecule has 34 heavy (non-hydrogen) atoms. The first kappa shape index (κ1) is 25.8. The zero-order valence-electron chi connectivity index (χ0n) is 19.1. The smallest absolute Gasteiger partial charge is 0.296 e. The summed E-state index contributed by atoms with van der Waals surface area (Å²) in [4.78, 5) is 0. The van der Waals surface area contributed by atoms with Crippen molar-refractivity contribution in [2.75, 3.05) is 13.2 Å². The molecule has 0 aliphatic heterocycles. The fourth-order valence-corrected chi connectivity index (χ4v) is 3.70. The quantitative estimate of drug-likeness (QED) is 0.314. The minimum absolute atomic E-state index is 0.00702. The summed E-state index contributed by atoms with van der Waals surface area (Å²) < 4.78 is 33.9. The maximum absolute atomic E-state index is 14.3. The molecule has 5 nitrogen and oxygen atoms in total. The van der Waals surface area contributed by atoms with E-state index in [9.17, 15) is 24.1 Å². The Morgan fingerprint density at radius 2 is 1.71 bits per heavy atom. The second kappa shape index (κ2) is 12.0. The molecule has 0 saturated carbocycles. The van der Waals surface area contributed by atoms with Crippen LogP contribution in [0.5, 0.6) is 5.75 Å². The number of nitrogens with one attached hydrogen (secondary N) is 1. The van der Waals surface area contributed by atoms with Crippen molar-refractivity contribution < 1.29 is 28.8 Å². The highest BCUT2D eigenvalue weighted by atomic mass is 19.3. The molecule has 3 rings (SSSR count). The molecule has 3 aromatic rings. The maximum Gasteiger partial charge on any atom is 0.296 e. The molecule has 0 aliphatic rings. The number of hydrogen-bond donors (Lipinski definition) is 4. The number of phenols is 1. The molecule has 0 spiro atoms. The van der Waals surface area contributed by atoms with Gasteiger partial charge >= 0.3 is 0 Å². The molecule has 4 N–H and O–H groups in total. The Bertz CT molecular complexity index is 1050. The minimum Gasteiger partial charge on any atom is -0.508 e. The molecule has 0 saturated heterocycles. The lowest BCUT2D eigenvalue weighted by atomic mass is 10.0. The number of ether oxygens (including phenoxy) is 1. The monoisotopic (exact) mass is 471 g/mol. The Kier molecular flexibility index (Phi) is 9.12. The number of aliphatic hydroxyl groups excluding tert-OH is 2. The van der Waals surface area contributed by atoms with Gasteiger partial charge in [-0.05, 0) is 42.2 Å². The van der Waals surface area contributed by atoms with Crippen molar-refractivity contribution in [1.82, 2.24) is 5.32 Å². The SMILES string of the molecule is CC(Cc1cccc(COCC(F)(F)c2ccccc2)c1)NC[C@H](O)c1ccc(O)c(CO)c1. The molecule has 182 valence electrons. The van der Waals surface area contributed by atoms with Gasteiger partial charge in [0.05, 0.1) is 19.3 Å². The first-order chi connectivity index (χ1) is 16.3. The predicted molar refractivity (Wildman–Crippen MR) is 127 cm³/mol. The van der Waals surface area contributed by atoms with Gasteiger partial charge in [-0.15, -0.1) is 0 Å². The predicted octanol–water partition coefficient (Wildman–Crippen LogP) is 4.45. The van der Waals surface area contributed by atoms with Gasteiger partial charge in [-0.25, -0.2) is 0 Å². The highest BCUT2D eigenvalue weighted by molar-refractivity contribution is 5.36. The standard InChI is InChI=1S/C27H31F2NO4/c1-19(30-15-26(33)22-10-11-25(32)23(14-22)16-31)12-20-6-5-7-21(13-20)17-34-18-27(28,29)24-8-3-2-4-9-24/h2-11,13-14,19,26,30-33H,12,15-18H2,1H3/t19?,26-/m0/s1. The van der Waals surface area contributed by atoms with E-state index in [1.165, 1.54) is 18.2 Å². The van der Waals surface area contributed by atoms with E-state index < -0.39 is 18.6 Å². The van der Waals surface area contributed by atoms with E-state index in [0.29, 0.717) is 24.1 Å². The van der Waals surface area contributed by atoms with Gasteiger partial charge in [0.25, 0.3) is 5.92 Å². The molecule has 0 radical (unpaired) electrons. The van der Waals surface area contributed by atoms with Crippen molar-refractivity contribution in [3.63, 3.8) is 0 Å². The second-order valence-electron chi connectivity index (χ2n) is 8.46. The first-order valence-corrected chi connectivity index (χ1v) is 11.2. The fraction of sp³-hybridized carbons (Fsp3) is 0.333. The zero-order chi connectivity index (χ0) is 24.6. The van der Waals surface area contributed by atoms with Crippen LogP contribution in [0, 0.1) is 0 Å². The van der Waals surface area contributed by atoms with Crippen molar-refractivity contribution in [3.8, 4) is 5.75 Å². The molecule has 0 heterocycles. The fourth-order valence-electron chi connectivity index (χ4n) is 3.70. The largest absolute Gasteiger partial charge is 0.508 e. The molecule has 0 amide bonds. The average molecular weight is 472 g/mol. The zero-order valence-corrected chi connectivity index (χ0v) is 19.1. The topological polar surface area (TPSA) is 82.0 Å². The van der Waals surface area contributed by atoms with E-state index >= 15 is 0 Å². The normalized spacial score (nSPS) is 13.6. The number of benzene rings is 3. The third-order valence-corrected chi connectivity index (χ3v) is 5.60. The molecule has 0 aliphatic carbocycles. The molecule has 2 atom stereocenters. The molecular weight excluding hydrogens is 440 g/mol. The Labute approximate surface area is 198 Å². The molecule has 1 unspecified atom stereocenters. The van der Waals surface area contributed by atoms with Crippen molar-refractivity contribution in [3.05, 3.63) is 101 Å². The van der Waals surface area contributed by atoms with Crippen LogP contribution in [-0.4, -0.2) is 34.5 Å². The van der Waals surface area contributed by atoms with E-state index in [0.717, 1.165) is 11.1 Å². The van der Waals surface area contributed by atoms with Gasteiger partial charge < -0.3 is 25.4 Å². The number of aliphatic hydroxyl groups is 2. The third-order valence-electron chi connectivity index (χ3n) is 5.60. The van der Waals surface area contributed by atoms with Gasteiger partial charge in [0, 0.05) is 23.7 Å². The molecule has 3 aromatic carbocycles. The summed E-state index contributed by atoms with van der Waals surface area (Å²) in [5, 5.41) is 32.6. The maximum atomic E-state index is 14.3. The summed E-state index contributed by atoms with van der Waals surface area (Å²) in [6, 6.07) is 20.0. The molecule has 0 bridgehead atoms. The lowest BCUT2D eigenvalue weighted by molar-refractivity contribution is -0.0873. The number of aromatic hydroxyl groups is 1. The molecule has 0 fully saturated rings. The summed E-state index contributed by atoms with van der Waals surface area (Å²) in [5.74, 6) is -3.06. The highest BCUT2D eigenvalue weighted by Crippen LogP contribution is 2.28. The van der Waals surface area contributed by atoms with E-state index in [-0.39, 0.29) is 30.6 Å². The molecule has 0 aromatic heterocycles. The van der Waals surface area contributed by atoms with Crippen LogP contribution in [0.3, 0.4) is 0 Å². The summed E-state index contributed by atoms with van der Waals surface area (Å²) in [6.45, 7) is 1.39. The first-order valence-electron chi connectivity index (χ1n) is 11.2. The number of hydrogen-bond acceptors (Lipinski definition) is 5. The Morgan fingerprint density at radius 1 is 0.971 bits per heavy atom. The minimum atomic E-state index is -3.05. The summed E-state index contributed by atoms with van der Waals surface area (Å²) in [6.07, 6.45) is -0.113. The Balaban J connectivity index is 1.48. The van der Waals surface area contributed by atoms with Gasteiger partial charge in [0.2, 0.25) is 0 Å². The van der Waals surface area contributed by atoms with Crippen LogP contribution in [0.2, 0.25) is 0 Å². The van der Waals surface area contributed by atoms with Crippen LogP contribution in [-0.2, 0) is 30.3 Å². The van der Waals surface area contributed by atoms with Gasteiger partial charge in [-0.2, -0.15) is 8.78 Å². The summed E-state index contributed by atoms with van der Waals surface area (Å²) >= 11 is 0. The molecule has 7 heteroatoms. The van der Waals surface area contributed by atoms with Crippen LogP contribution in [0.15, 0.2) is 72.8 Å². The van der Waals surface area contributed by atoms with Gasteiger partial charge in [0.1, 0.15) is 12.4 Å². The summed E-state index contributed by atoms with van der Waals surface area (Å²) in [5.41, 5.74) is 2.75. The van der Waals surface area contributed by atoms with Gasteiger partial charge in [0.15, 0.2) is 0 Å². The lowest BCUT2D eigenvalue weighted by Gasteiger charge is -2.19. The van der Waals surface area contributed by atoms with Gasteiger partial charge in [-0.1, -0.05) is 60.7 Å². The highest BCUT2D eigenvalue weighted by Gasteiger charge is 2.31. The number of halogens is 2. The Hall–Kier alpha value is -2.84. The lowest BCUT2D eigenvalue weighted by Crippen LogP contribution is -2.32. The van der Waals surface area contributed by atoms with Crippen LogP contribution in [0.1, 0.15) is 40.8 Å². The van der Waals surface area contributed by atoms with Crippen LogP contribution in [0.25, 0.3) is 0 Å². The van der Waals surface area contributed by atoms with Crippen molar-refractivity contribution in [2.24, 2.45) is 0 Å². The summed E-state index contributed by atoms with van der Waals surface area (Å²) in [7, 11) is 0. The average Bonchev–Trinajstić information content (AvgIpc) is 2.83. The number of rotatable bonds is 12. The second-order valence-corrected chi connectivity index (χ2v) is 8.46. The van der Waals surface area contributed by atoms with Crippen molar-refractivity contribution >= 4 is 0 Å². The Morgan fingerprint density at radius 3 is 2.44 bits per heavy atom. The van der Waals surface area contributed by atoms with E-state index in [1.54, 1.807) is 30.3 Å². The van der Waals surface area contributed by atoms with E-state index in [1.807, 2.05) is 31.2 Å². The van der Waals surface area contributed by atoms with Crippen molar-refractivity contribution in [1.29, 1.82) is 0 Å². The van der Waals surface area contributed by atoms with Crippen LogP contribution < -0.4 is 5.32 Å². The van der Waals surface area contributed by atoms with Crippen LogP contribution >= 0.6 is 0 Å². The third kappa shape index (κ3) is 7.33. The van der Waals surface area contributed by atoms with Gasteiger partial charge in [-0.3, -0.25) is 0 Å². The van der Waals surface area contributed by atoms with Crippen LogP contribution in [0.4, 0.5) is 8.78 Å². The number of alkyl halides is 2. The van der Waals surface area contributed by atoms with E-state index in [4.69, 9.17) is 4.74 Å².